The predicted molar refractivity (Wildman–Crippen MR) is 67.4 cm³/mol. The second kappa shape index (κ2) is 8.01. The Labute approximate surface area is 103 Å². The molecule has 1 aliphatic rings. The standard InChI is InChI=1S/C8H19N.C5H4O3/c1-7(2)5-9-6-8(3)4;1-3-2-4(6)8-5(3)7/h7-9H,5-6H2,1-4H3;1-2H2. The number of cyclic esters (lactones) is 2. The monoisotopic (exact) mass is 241 g/mol. The molecule has 1 N–H and O–H groups in total. The van der Waals surface area contributed by atoms with Crippen LogP contribution in [0.15, 0.2) is 12.2 Å². The molecule has 0 aromatic carbocycles. The van der Waals surface area contributed by atoms with Gasteiger partial charge in [0, 0.05) is 5.57 Å². The minimum atomic E-state index is -0.588. The number of hydrogen-bond acceptors (Lipinski definition) is 4. The Bertz CT molecular complexity index is 256. The first kappa shape index (κ1) is 15.8. The topological polar surface area (TPSA) is 55.4 Å². The largest absolute Gasteiger partial charge is 0.389 e. The van der Waals surface area contributed by atoms with Gasteiger partial charge in [-0.2, -0.15) is 0 Å². The summed E-state index contributed by atoms with van der Waals surface area (Å²) in [7, 11) is 0. The molecule has 4 nitrogen and oxygen atoms in total. The van der Waals surface area contributed by atoms with Crippen LogP contribution in [0.2, 0.25) is 0 Å². The van der Waals surface area contributed by atoms with Crippen molar-refractivity contribution < 1.29 is 14.3 Å². The highest BCUT2D eigenvalue weighted by atomic mass is 16.6. The summed E-state index contributed by atoms with van der Waals surface area (Å²) in [5.74, 6) is 0.475. The summed E-state index contributed by atoms with van der Waals surface area (Å²) in [5.41, 5.74) is 0.245. The Hall–Kier alpha value is -1.16. The Morgan fingerprint density at radius 2 is 1.65 bits per heavy atom. The van der Waals surface area contributed by atoms with E-state index in [1.165, 1.54) is 0 Å². The van der Waals surface area contributed by atoms with Crippen molar-refractivity contribution in [2.45, 2.75) is 34.1 Å². The maximum absolute atomic E-state index is 10.2. The zero-order valence-corrected chi connectivity index (χ0v) is 11.2. The van der Waals surface area contributed by atoms with Gasteiger partial charge in [-0.25, -0.2) is 4.79 Å². The highest BCUT2D eigenvalue weighted by Crippen LogP contribution is 2.10. The molecule has 4 heteroatoms. The second-order valence-corrected chi connectivity index (χ2v) is 4.99. The molecule has 0 unspecified atom stereocenters. The zero-order chi connectivity index (χ0) is 13.4. The van der Waals surface area contributed by atoms with Crippen LogP contribution in [0.3, 0.4) is 0 Å². The fourth-order valence-corrected chi connectivity index (χ4v) is 1.12. The smallest absolute Gasteiger partial charge is 0.341 e. The van der Waals surface area contributed by atoms with E-state index in [4.69, 9.17) is 0 Å². The SMILES string of the molecule is C=C1CC(=O)OC1=O.CC(C)CNCC(C)C. The predicted octanol–water partition coefficient (Wildman–Crippen LogP) is 1.90. The first-order chi connectivity index (χ1) is 7.82. The van der Waals surface area contributed by atoms with Crippen molar-refractivity contribution in [2.24, 2.45) is 11.8 Å². The summed E-state index contributed by atoms with van der Waals surface area (Å²) < 4.78 is 4.10. The average Bonchev–Trinajstić information content (AvgIpc) is 2.43. The highest BCUT2D eigenvalue weighted by Gasteiger charge is 2.24. The number of carbonyl (C=O) groups is 2. The fraction of sp³-hybridized carbons (Fsp3) is 0.692. The molecule has 0 spiro atoms. The second-order valence-electron chi connectivity index (χ2n) is 4.99. The van der Waals surface area contributed by atoms with Gasteiger partial charge in [-0.15, -0.1) is 0 Å². The van der Waals surface area contributed by atoms with E-state index in [1.807, 2.05) is 0 Å². The van der Waals surface area contributed by atoms with Gasteiger partial charge in [0.2, 0.25) is 0 Å². The number of rotatable bonds is 4. The maximum atomic E-state index is 10.2. The third-order valence-corrected chi connectivity index (χ3v) is 1.96. The molecule has 1 rings (SSSR count). The summed E-state index contributed by atoms with van der Waals surface area (Å²) in [4.78, 5) is 20.4. The van der Waals surface area contributed by atoms with Gasteiger partial charge in [0.05, 0.1) is 6.42 Å². The molecule has 0 amide bonds. The quantitative estimate of drug-likeness (QED) is 0.464. The Kier molecular flexibility index (Phi) is 7.46. The van der Waals surface area contributed by atoms with Gasteiger partial charge in [0.25, 0.3) is 0 Å². The Morgan fingerprint density at radius 1 is 1.18 bits per heavy atom. The molecule has 0 aromatic heterocycles. The molecule has 98 valence electrons. The van der Waals surface area contributed by atoms with Gasteiger partial charge in [-0.1, -0.05) is 34.3 Å². The molecular weight excluding hydrogens is 218 g/mol. The Morgan fingerprint density at radius 3 is 1.82 bits per heavy atom. The van der Waals surface area contributed by atoms with E-state index in [0.29, 0.717) is 0 Å². The van der Waals surface area contributed by atoms with Crippen LogP contribution >= 0.6 is 0 Å². The van der Waals surface area contributed by atoms with E-state index in [0.717, 1.165) is 24.9 Å². The summed E-state index contributed by atoms with van der Waals surface area (Å²) >= 11 is 0. The van der Waals surface area contributed by atoms with E-state index < -0.39 is 11.9 Å². The lowest BCUT2D eigenvalue weighted by molar-refractivity contribution is -0.151. The van der Waals surface area contributed by atoms with Crippen LogP contribution < -0.4 is 5.32 Å². The molecule has 0 atom stereocenters. The summed E-state index contributed by atoms with van der Waals surface area (Å²) in [6, 6.07) is 0. The number of carbonyl (C=O) groups excluding carboxylic acids is 2. The summed E-state index contributed by atoms with van der Waals surface area (Å²) in [5, 5.41) is 3.38. The molecule has 0 radical (unpaired) electrons. The van der Waals surface area contributed by atoms with Gasteiger partial charge < -0.3 is 10.1 Å². The van der Waals surface area contributed by atoms with Gasteiger partial charge in [0.15, 0.2) is 0 Å². The molecule has 0 aromatic rings. The molecular formula is C13H23NO3. The van der Waals surface area contributed by atoms with Gasteiger partial charge in [0.1, 0.15) is 0 Å². The van der Waals surface area contributed by atoms with Gasteiger partial charge >= 0.3 is 11.9 Å². The third-order valence-electron chi connectivity index (χ3n) is 1.96. The van der Waals surface area contributed by atoms with Crippen molar-refractivity contribution >= 4 is 11.9 Å². The molecule has 1 fully saturated rings. The zero-order valence-electron chi connectivity index (χ0n) is 11.2. The van der Waals surface area contributed by atoms with Crippen molar-refractivity contribution in [3.8, 4) is 0 Å². The lowest BCUT2D eigenvalue weighted by Gasteiger charge is -2.08. The summed E-state index contributed by atoms with van der Waals surface area (Å²) in [6.07, 6.45) is 0.0544. The molecule has 1 saturated heterocycles. The molecule has 0 aliphatic carbocycles. The fourth-order valence-electron chi connectivity index (χ4n) is 1.12. The van der Waals surface area contributed by atoms with Crippen molar-refractivity contribution in [2.75, 3.05) is 13.1 Å². The van der Waals surface area contributed by atoms with E-state index in [1.54, 1.807) is 0 Å². The van der Waals surface area contributed by atoms with Gasteiger partial charge in [-0.3, -0.25) is 4.79 Å². The van der Waals surface area contributed by atoms with Crippen LogP contribution in [0.1, 0.15) is 34.1 Å². The minimum absolute atomic E-state index is 0.0544. The Balaban J connectivity index is 0.000000302. The van der Waals surface area contributed by atoms with Crippen LogP contribution in [0.4, 0.5) is 0 Å². The normalized spacial score (nSPS) is 15.1. The van der Waals surface area contributed by atoms with Gasteiger partial charge in [-0.05, 0) is 24.9 Å². The summed E-state index contributed by atoms with van der Waals surface area (Å²) in [6.45, 7) is 14.5. The van der Waals surface area contributed by atoms with Crippen LogP contribution in [0.25, 0.3) is 0 Å². The van der Waals surface area contributed by atoms with E-state index in [9.17, 15) is 9.59 Å². The minimum Gasteiger partial charge on any atom is -0.389 e. The van der Waals surface area contributed by atoms with E-state index in [-0.39, 0.29) is 12.0 Å². The van der Waals surface area contributed by atoms with Crippen LogP contribution in [0.5, 0.6) is 0 Å². The first-order valence-electron chi connectivity index (χ1n) is 5.96. The number of nitrogens with one attached hydrogen (secondary N) is 1. The third kappa shape index (κ3) is 8.63. The van der Waals surface area contributed by atoms with E-state index in [2.05, 4.69) is 44.3 Å². The van der Waals surface area contributed by atoms with Crippen molar-refractivity contribution in [3.63, 3.8) is 0 Å². The van der Waals surface area contributed by atoms with E-state index >= 15 is 0 Å². The van der Waals surface area contributed by atoms with Crippen LogP contribution in [-0.2, 0) is 14.3 Å². The number of ether oxygens (including phenoxy) is 1. The average molecular weight is 241 g/mol. The molecule has 0 bridgehead atoms. The first-order valence-corrected chi connectivity index (χ1v) is 5.96. The lowest BCUT2D eigenvalue weighted by Crippen LogP contribution is -2.23. The molecule has 1 heterocycles. The van der Waals surface area contributed by atoms with Crippen LogP contribution in [0, 0.1) is 11.8 Å². The highest BCUT2D eigenvalue weighted by molar-refractivity contribution is 6.05. The lowest BCUT2D eigenvalue weighted by atomic mass is 10.2. The molecule has 17 heavy (non-hydrogen) atoms. The van der Waals surface area contributed by atoms with Crippen molar-refractivity contribution in [1.29, 1.82) is 0 Å². The van der Waals surface area contributed by atoms with Crippen molar-refractivity contribution in [3.05, 3.63) is 12.2 Å². The number of hydrogen-bond donors (Lipinski definition) is 1. The maximum Gasteiger partial charge on any atom is 0.341 e. The van der Waals surface area contributed by atoms with Crippen LogP contribution in [-0.4, -0.2) is 25.0 Å². The van der Waals surface area contributed by atoms with Crippen molar-refractivity contribution in [1.82, 2.24) is 5.32 Å². The molecule has 1 aliphatic heterocycles. The molecule has 0 saturated carbocycles. The number of esters is 2.